The number of ether oxygens (including phenoxy) is 1. The zero-order valence-corrected chi connectivity index (χ0v) is 16.4. The lowest BCUT2D eigenvalue weighted by Gasteiger charge is -2.58. The highest BCUT2D eigenvalue weighted by atomic mass is 16.6. The Kier molecular flexibility index (Phi) is 4.24. The van der Waals surface area contributed by atoms with Gasteiger partial charge in [-0.1, -0.05) is 19.4 Å². The molecule has 3 saturated carbocycles. The number of hydrogen-bond donors (Lipinski definition) is 1. The van der Waals surface area contributed by atoms with Crippen molar-refractivity contribution < 1.29 is 14.3 Å². The number of carbonyl (C=O) groups is 2. The molecule has 4 rings (SSSR count). The monoisotopic (exact) mass is 359 g/mol. The third-order valence-electron chi connectivity index (χ3n) is 8.90. The Morgan fingerprint density at radius 3 is 2.65 bits per heavy atom. The normalized spacial score (nSPS) is 45.8. The Bertz CT molecular complexity index is 656. The first-order chi connectivity index (χ1) is 12.3. The summed E-state index contributed by atoms with van der Waals surface area (Å²) in [5.74, 6) is 2.91. The van der Waals surface area contributed by atoms with Gasteiger partial charge in [0.15, 0.2) is 5.78 Å². The van der Waals surface area contributed by atoms with E-state index in [1.807, 2.05) is 13.0 Å². The van der Waals surface area contributed by atoms with Gasteiger partial charge in [-0.25, -0.2) is 4.79 Å². The first kappa shape index (κ1) is 18.1. The highest BCUT2D eigenvalue weighted by Gasteiger charge is 2.59. The van der Waals surface area contributed by atoms with Crippen LogP contribution in [-0.2, 0) is 9.53 Å². The van der Waals surface area contributed by atoms with Gasteiger partial charge in [0, 0.05) is 12.3 Å². The fourth-order valence-corrected chi connectivity index (χ4v) is 7.64. The zero-order valence-electron chi connectivity index (χ0n) is 16.4. The molecule has 0 aromatic heterocycles. The minimum absolute atomic E-state index is 0.0963. The number of rotatable bonds is 2. The Labute approximate surface area is 156 Å². The van der Waals surface area contributed by atoms with Crippen LogP contribution < -0.4 is 5.73 Å². The summed E-state index contributed by atoms with van der Waals surface area (Å²) >= 11 is 0. The van der Waals surface area contributed by atoms with Gasteiger partial charge in [0.1, 0.15) is 6.10 Å². The average molecular weight is 360 g/mol. The summed E-state index contributed by atoms with van der Waals surface area (Å²) in [6, 6.07) is 0. The van der Waals surface area contributed by atoms with Gasteiger partial charge in [0.05, 0.1) is 0 Å². The van der Waals surface area contributed by atoms with Gasteiger partial charge in [-0.15, -0.1) is 0 Å². The first-order valence-corrected chi connectivity index (χ1v) is 10.5. The summed E-state index contributed by atoms with van der Waals surface area (Å²) in [7, 11) is 0. The number of amides is 1. The summed E-state index contributed by atoms with van der Waals surface area (Å²) < 4.78 is 5.39. The molecule has 4 nitrogen and oxygen atoms in total. The third-order valence-corrected chi connectivity index (χ3v) is 8.90. The van der Waals surface area contributed by atoms with Crippen molar-refractivity contribution in [3.05, 3.63) is 11.6 Å². The summed E-state index contributed by atoms with van der Waals surface area (Å²) in [5, 5.41) is 0. The molecule has 0 bridgehead atoms. The second-order valence-electron chi connectivity index (χ2n) is 9.84. The molecule has 3 fully saturated rings. The van der Waals surface area contributed by atoms with Crippen LogP contribution >= 0.6 is 0 Å². The number of hydrogen-bond acceptors (Lipinski definition) is 3. The molecule has 1 unspecified atom stereocenters. The average Bonchev–Trinajstić information content (AvgIpc) is 2.92. The van der Waals surface area contributed by atoms with E-state index in [-0.39, 0.29) is 16.9 Å². The van der Waals surface area contributed by atoms with Crippen molar-refractivity contribution in [2.75, 3.05) is 0 Å². The Morgan fingerprint density at radius 2 is 1.92 bits per heavy atom. The Balaban J connectivity index is 1.59. The molecule has 7 atom stereocenters. The van der Waals surface area contributed by atoms with Gasteiger partial charge in [-0.05, 0) is 86.5 Å². The minimum atomic E-state index is -0.648. The molecule has 2 N–H and O–H groups in total. The number of ketones is 1. The number of nitrogens with two attached hydrogens (primary N) is 1. The smallest absolute Gasteiger partial charge is 0.404 e. The van der Waals surface area contributed by atoms with Crippen molar-refractivity contribution in [3.63, 3.8) is 0 Å². The van der Waals surface area contributed by atoms with E-state index in [1.165, 1.54) is 31.3 Å². The molecular formula is C22H33NO3. The van der Waals surface area contributed by atoms with Crippen LogP contribution in [0.2, 0.25) is 0 Å². The molecule has 26 heavy (non-hydrogen) atoms. The zero-order chi connectivity index (χ0) is 18.7. The van der Waals surface area contributed by atoms with Crippen LogP contribution in [0.1, 0.15) is 72.1 Å². The highest BCUT2D eigenvalue weighted by Crippen LogP contribution is 2.67. The van der Waals surface area contributed by atoms with Gasteiger partial charge in [-0.2, -0.15) is 0 Å². The third kappa shape index (κ3) is 2.55. The second kappa shape index (κ2) is 6.10. The lowest BCUT2D eigenvalue weighted by atomic mass is 9.46. The molecule has 4 aliphatic carbocycles. The minimum Gasteiger partial charge on any atom is -0.446 e. The van der Waals surface area contributed by atoms with Crippen molar-refractivity contribution in [3.8, 4) is 0 Å². The molecule has 1 amide bonds. The summed E-state index contributed by atoms with van der Waals surface area (Å²) in [6.07, 6.45) is 10.1. The lowest BCUT2D eigenvalue weighted by Crippen LogP contribution is -2.51. The predicted molar refractivity (Wildman–Crippen MR) is 100 cm³/mol. The van der Waals surface area contributed by atoms with Crippen LogP contribution in [0.4, 0.5) is 4.79 Å². The van der Waals surface area contributed by atoms with Gasteiger partial charge >= 0.3 is 6.09 Å². The van der Waals surface area contributed by atoms with E-state index < -0.39 is 6.09 Å². The highest BCUT2D eigenvalue weighted by molar-refractivity contribution is 5.91. The molecule has 0 aromatic rings. The van der Waals surface area contributed by atoms with Crippen LogP contribution in [-0.4, -0.2) is 18.0 Å². The van der Waals surface area contributed by atoms with Crippen LogP contribution in [0.3, 0.4) is 0 Å². The van der Waals surface area contributed by atoms with Gasteiger partial charge in [0.2, 0.25) is 0 Å². The van der Waals surface area contributed by atoms with Crippen LogP contribution in [0, 0.1) is 34.5 Å². The van der Waals surface area contributed by atoms with E-state index in [0.29, 0.717) is 23.5 Å². The molecule has 4 aliphatic rings. The van der Waals surface area contributed by atoms with E-state index in [0.717, 1.165) is 31.6 Å². The molecule has 0 aromatic carbocycles. The van der Waals surface area contributed by atoms with Crippen molar-refractivity contribution in [2.24, 2.45) is 40.2 Å². The SMILES string of the molecule is CC(OC(N)=O)[C@H]1CC[C@H]2[C@@H]3CCC4=CC(=O)CC[C@]4(C)[C@H]3CC[C@]12C. The van der Waals surface area contributed by atoms with Gasteiger partial charge < -0.3 is 10.5 Å². The van der Waals surface area contributed by atoms with E-state index >= 15 is 0 Å². The molecule has 0 spiro atoms. The van der Waals surface area contributed by atoms with E-state index in [4.69, 9.17) is 10.5 Å². The van der Waals surface area contributed by atoms with Crippen LogP contribution in [0.5, 0.6) is 0 Å². The van der Waals surface area contributed by atoms with Crippen molar-refractivity contribution in [1.82, 2.24) is 0 Å². The van der Waals surface area contributed by atoms with Gasteiger partial charge in [-0.3, -0.25) is 4.79 Å². The number of carbonyl (C=O) groups excluding carboxylic acids is 2. The van der Waals surface area contributed by atoms with Crippen LogP contribution in [0.15, 0.2) is 11.6 Å². The molecule has 0 saturated heterocycles. The topological polar surface area (TPSA) is 69.4 Å². The molecule has 4 heteroatoms. The van der Waals surface area contributed by atoms with E-state index in [2.05, 4.69) is 13.8 Å². The summed E-state index contributed by atoms with van der Waals surface area (Å²) in [4.78, 5) is 23.2. The Morgan fingerprint density at radius 1 is 1.15 bits per heavy atom. The maximum absolute atomic E-state index is 11.9. The second-order valence-corrected chi connectivity index (χ2v) is 9.84. The first-order valence-electron chi connectivity index (χ1n) is 10.5. The molecule has 0 heterocycles. The maximum atomic E-state index is 11.9. The van der Waals surface area contributed by atoms with E-state index in [9.17, 15) is 9.59 Å². The van der Waals surface area contributed by atoms with Crippen molar-refractivity contribution in [1.29, 1.82) is 0 Å². The Hall–Kier alpha value is -1.32. The van der Waals surface area contributed by atoms with Crippen molar-refractivity contribution >= 4 is 11.9 Å². The summed E-state index contributed by atoms with van der Waals surface area (Å²) in [5.41, 5.74) is 7.19. The fourth-order valence-electron chi connectivity index (χ4n) is 7.64. The predicted octanol–water partition coefficient (Wildman–Crippen LogP) is 4.62. The maximum Gasteiger partial charge on any atom is 0.404 e. The number of allylic oxidation sites excluding steroid dienone is 1. The lowest BCUT2D eigenvalue weighted by molar-refractivity contribution is -0.118. The molecule has 0 radical (unpaired) electrons. The van der Waals surface area contributed by atoms with E-state index in [1.54, 1.807) is 0 Å². The number of fused-ring (bicyclic) bond motifs is 5. The largest absolute Gasteiger partial charge is 0.446 e. The molecular weight excluding hydrogens is 326 g/mol. The standard InChI is InChI=1S/C22H33NO3/c1-13(26-20(23)25)17-6-7-18-16-5-4-14-12-15(24)8-10-21(14,2)19(16)9-11-22(17,18)3/h12-13,16-19H,4-11H2,1-3H3,(H2,23,25)/t13?,16-,17+,18-,19-,21-,22+/m0/s1. The van der Waals surface area contributed by atoms with Crippen molar-refractivity contribution in [2.45, 2.75) is 78.2 Å². The fraction of sp³-hybridized carbons (Fsp3) is 0.818. The molecule has 0 aliphatic heterocycles. The van der Waals surface area contributed by atoms with Crippen LogP contribution in [0.25, 0.3) is 0 Å². The number of primary amides is 1. The summed E-state index contributed by atoms with van der Waals surface area (Å²) in [6.45, 7) is 6.88. The van der Waals surface area contributed by atoms with Gasteiger partial charge in [0.25, 0.3) is 0 Å². The molecule has 144 valence electrons. The quantitative estimate of drug-likeness (QED) is 0.782.